The zero-order chi connectivity index (χ0) is 20.3. The van der Waals surface area contributed by atoms with Gasteiger partial charge in [-0.05, 0) is 56.0 Å². The average molecular weight is 392 g/mol. The Morgan fingerprint density at radius 1 is 1.29 bits per heavy atom. The van der Waals surface area contributed by atoms with Gasteiger partial charge in [-0.15, -0.1) is 0 Å². The first-order valence-corrected chi connectivity index (χ1v) is 9.24. The van der Waals surface area contributed by atoms with Crippen molar-refractivity contribution < 1.29 is 22.7 Å². The quantitative estimate of drug-likeness (QED) is 0.758. The van der Waals surface area contributed by atoms with Crippen LogP contribution in [0, 0.1) is 19.8 Å². The Morgan fingerprint density at radius 3 is 2.61 bits per heavy atom. The van der Waals surface area contributed by atoms with E-state index in [2.05, 4.69) is 4.98 Å². The van der Waals surface area contributed by atoms with Gasteiger partial charge in [0.15, 0.2) is 0 Å². The number of alkyl halides is 3. The molecule has 1 aliphatic heterocycles. The zero-order valence-corrected chi connectivity index (χ0v) is 15.9. The molecule has 1 aromatic carbocycles. The standard InChI is InChI=1S/C21H23F3N2O2/c1-14-9-17(20(27)26-8-4-6-18(12-26)21(22,23)24)10-15(2)19(14)28-13-16-5-3-7-25-11-16/h3,5,7,9-11,18H,4,6,8,12-13H2,1-2H3. The molecule has 7 heteroatoms. The largest absolute Gasteiger partial charge is 0.488 e. The van der Waals surface area contributed by atoms with Gasteiger partial charge in [0, 0.05) is 36.6 Å². The molecular weight excluding hydrogens is 369 g/mol. The molecule has 0 saturated carbocycles. The highest BCUT2D eigenvalue weighted by molar-refractivity contribution is 5.95. The van der Waals surface area contributed by atoms with Gasteiger partial charge in [0.05, 0.1) is 5.92 Å². The van der Waals surface area contributed by atoms with Crippen molar-refractivity contribution in [1.29, 1.82) is 0 Å². The van der Waals surface area contributed by atoms with Crippen LogP contribution >= 0.6 is 0 Å². The lowest BCUT2D eigenvalue weighted by Gasteiger charge is -2.34. The summed E-state index contributed by atoms with van der Waals surface area (Å²) in [6.45, 7) is 4.08. The summed E-state index contributed by atoms with van der Waals surface area (Å²) in [6, 6.07) is 7.10. The molecule has 1 fully saturated rings. The molecule has 28 heavy (non-hydrogen) atoms. The number of aromatic nitrogens is 1. The molecule has 0 bridgehead atoms. The Labute approximate surface area is 162 Å². The van der Waals surface area contributed by atoms with Crippen LogP contribution in [0.25, 0.3) is 0 Å². The first kappa shape index (κ1) is 20.2. The number of ether oxygens (including phenoxy) is 1. The third-order valence-electron chi connectivity index (χ3n) is 4.98. The molecule has 0 N–H and O–H groups in total. The summed E-state index contributed by atoms with van der Waals surface area (Å²) in [5.74, 6) is -1.14. The predicted molar refractivity (Wildman–Crippen MR) is 99.2 cm³/mol. The van der Waals surface area contributed by atoms with Crippen LogP contribution in [-0.2, 0) is 6.61 Å². The van der Waals surface area contributed by atoms with Gasteiger partial charge in [-0.25, -0.2) is 0 Å². The van der Waals surface area contributed by atoms with Crippen LogP contribution in [0.15, 0.2) is 36.7 Å². The number of nitrogens with zero attached hydrogens (tertiary/aromatic N) is 2. The van der Waals surface area contributed by atoms with Gasteiger partial charge in [0.1, 0.15) is 12.4 Å². The van der Waals surface area contributed by atoms with Gasteiger partial charge < -0.3 is 9.64 Å². The lowest BCUT2D eigenvalue weighted by atomic mass is 9.96. The molecule has 0 aliphatic carbocycles. The number of carbonyl (C=O) groups excluding carboxylic acids is 1. The van der Waals surface area contributed by atoms with Crippen LogP contribution in [-0.4, -0.2) is 35.1 Å². The van der Waals surface area contributed by atoms with Crippen molar-refractivity contribution in [2.45, 2.75) is 39.5 Å². The topological polar surface area (TPSA) is 42.4 Å². The highest BCUT2D eigenvalue weighted by atomic mass is 19.4. The van der Waals surface area contributed by atoms with Crippen LogP contribution in [0.5, 0.6) is 5.75 Å². The first-order valence-electron chi connectivity index (χ1n) is 9.24. The van der Waals surface area contributed by atoms with Gasteiger partial charge in [-0.2, -0.15) is 13.2 Å². The zero-order valence-electron chi connectivity index (χ0n) is 15.9. The Hall–Kier alpha value is -2.57. The molecule has 1 aromatic heterocycles. The minimum absolute atomic E-state index is 0.0758. The van der Waals surface area contributed by atoms with Crippen molar-refractivity contribution in [1.82, 2.24) is 9.88 Å². The van der Waals surface area contributed by atoms with Crippen molar-refractivity contribution in [3.63, 3.8) is 0 Å². The highest BCUT2D eigenvalue weighted by Crippen LogP contribution is 2.34. The summed E-state index contributed by atoms with van der Waals surface area (Å²) in [4.78, 5) is 18.1. The van der Waals surface area contributed by atoms with Gasteiger partial charge in [-0.1, -0.05) is 6.07 Å². The Bertz CT molecular complexity index is 814. The Kier molecular flexibility index (Phi) is 5.91. The summed E-state index contributed by atoms with van der Waals surface area (Å²) in [5, 5.41) is 0. The molecule has 1 amide bonds. The van der Waals surface area contributed by atoms with E-state index in [9.17, 15) is 18.0 Å². The van der Waals surface area contributed by atoms with Crippen LogP contribution in [0.1, 0.15) is 39.9 Å². The molecule has 0 radical (unpaired) electrons. The molecule has 2 aromatic rings. The fourth-order valence-electron chi connectivity index (χ4n) is 3.55. The van der Waals surface area contributed by atoms with E-state index in [1.165, 1.54) is 4.90 Å². The Balaban J connectivity index is 1.73. The van der Waals surface area contributed by atoms with Crippen molar-refractivity contribution in [2.24, 2.45) is 5.92 Å². The van der Waals surface area contributed by atoms with Gasteiger partial charge in [0.2, 0.25) is 0 Å². The van der Waals surface area contributed by atoms with Gasteiger partial charge >= 0.3 is 6.18 Å². The van der Waals surface area contributed by atoms with E-state index in [1.807, 2.05) is 26.0 Å². The van der Waals surface area contributed by atoms with E-state index < -0.39 is 12.1 Å². The van der Waals surface area contributed by atoms with E-state index in [0.717, 1.165) is 16.7 Å². The normalized spacial score (nSPS) is 17.5. The third-order valence-corrected chi connectivity index (χ3v) is 4.98. The molecule has 1 atom stereocenters. The number of hydrogen-bond acceptors (Lipinski definition) is 3. The molecule has 2 heterocycles. The molecule has 1 saturated heterocycles. The monoisotopic (exact) mass is 392 g/mol. The summed E-state index contributed by atoms with van der Waals surface area (Å²) < 4.78 is 45.0. The molecule has 1 unspecified atom stereocenters. The van der Waals surface area contributed by atoms with Crippen LogP contribution in [0.3, 0.4) is 0 Å². The van der Waals surface area contributed by atoms with E-state index in [0.29, 0.717) is 30.9 Å². The fraction of sp³-hybridized carbons (Fsp3) is 0.429. The molecule has 1 aliphatic rings. The maximum atomic E-state index is 13.0. The summed E-state index contributed by atoms with van der Waals surface area (Å²) >= 11 is 0. The second kappa shape index (κ2) is 8.20. The van der Waals surface area contributed by atoms with Crippen molar-refractivity contribution >= 4 is 5.91 Å². The highest BCUT2D eigenvalue weighted by Gasteiger charge is 2.42. The number of halogens is 3. The van der Waals surface area contributed by atoms with E-state index >= 15 is 0 Å². The maximum Gasteiger partial charge on any atom is 0.393 e. The smallest absolute Gasteiger partial charge is 0.393 e. The van der Waals surface area contributed by atoms with Crippen molar-refractivity contribution in [3.05, 3.63) is 58.9 Å². The first-order chi connectivity index (χ1) is 13.3. The van der Waals surface area contributed by atoms with E-state index in [1.54, 1.807) is 24.5 Å². The van der Waals surface area contributed by atoms with Crippen LogP contribution < -0.4 is 4.74 Å². The number of amides is 1. The number of aryl methyl sites for hydroxylation is 2. The SMILES string of the molecule is Cc1cc(C(=O)N2CCCC(C(F)(F)F)C2)cc(C)c1OCc1cccnc1. The minimum atomic E-state index is -4.27. The second-order valence-corrected chi connectivity index (χ2v) is 7.22. The van der Waals surface area contributed by atoms with E-state index in [4.69, 9.17) is 4.74 Å². The number of rotatable bonds is 4. The third kappa shape index (κ3) is 4.64. The number of hydrogen-bond donors (Lipinski definition) is 0. The Morgan fingerprint density at radius 2 is 2.00 bits per heavy atom. The molecule has 0 spiro atoms. The fourth-order valence-corrected chi connectivity index (χ4v) is 3.55. The van der Waals surface area contributed by atoms with Crippen LogP contribution in [0.2, 0.25) is 0 Å². The number of piperidine rings is 1. The summed E-state index contributed by atoms with van der Waals surface area (Å²) in [7, 11) is 0. The average Bonchev–Trinajstić information content (AvgIpc) is 2.67. The van der Waals surface area contributed by atoms with Gasteiger partial charge in [-0.3, -0.25) is 9.78 Å². The number of pyridine rings is 1. The minimum Gasteiger partial charge on any atom is -0.488 e. The number of carbonyl (C=O) groups is 1. The second-order valence-electron chi connectivity index (χ2n) is 7.22. The lowest BCUT2D eigenvalue weighted by Crippen LogP contribution is -2.44. The summed E-state index contributed by atoms with van der Waals surface area (Å²) in [5.41, 5.74) is 2.87. The van der Waals surface area contributed by atoms with Crippen molar-refractivity contribution in [2.75, 3.05) is 13.1 Å². The summed E-state index contributed by atoms with van der Waals surface area (Å²) in [6.07, 6.45) is -0.429. The lowest BCUT2D eigenvalue weighted by molar-refractivity contribution is -0.184. The van der Waals surface area contributed by atoms with Crippen molar-refractivity contribution in [3.8, 4) is 5.75 Å². The van der Waals surface area contributed by atoms with Crippen LogP contribution in [0.4, 0.5) is 13.2 Å². The molecule has 4 nitrogen and oxygen atoms in total. The number of likely N-dealkylation sites (tertiary alicyclic amines) is 1. The molecular formula is C21H23F3N2O2. The molecule has 150 valence electrons. The van der Waals surface area contributed by atoms with E-state index in [-0.39, 0.29) is 18.9 Å². The predicted octanol–water partition coefficient (Wildman–Crippen LogP) is 4.69. The maximum absolute atomic E-state index is 13.0. The molecule has 3 rings (SSSR count). The number of benzene rings is 1. The van der Waals surface area contributed by atoms with Gasteiger partial charge in [0.25, 0.3) is 5.91 Å².